The summed E-state index contributed by atoms with van der Waals surface area (Å²) < 4.78 is 10.9. The summed E-state index contributed by atoms with van der Waals surface area (Å²) in [6.07, 6.45) is 3.88. The molecule has 0 aliphatic rings. The first-order valence-electron chi connectivity index (χ1n) is 7.01. The Morgan fingerprint density at radius 3 is 2.74 bits per heavy atom. The zero-order valence-corrected chi connectivity index (χ0v) is 14.1. The predicted molar refractivity (Wildman–Crippen MR) is 92.8 cm³/mol. The lowest BCUT2D eigenvalue weighted by Crippen LogP contribution is -2.05. The summed E-state index contributed by atoms with van der Waals surface area (Å²) in [5, 5.41) is 19.1. The van der Waals surface area contributed by atoms with Crippen molar-refractivity contribution in [1.82, 2.24) is 0 Å². The van der Waals surface area contributed by atoms with Gasteiger partial charge in [-0.25, -0.2) is 0 Å². The van der Waals surface area contributed by atoms with Crippen LogP contribution in [-0.4, -0.2) is 35.8 Å². The van der Waals surface area contributed by atoms with E-state index in [-0.39, 0.29) is 11.4 Å². The van der Waals surface area contributed by atoms with Gasteiger partial charge in [0.15, 0.2) is 10.9 Å². The molecule has 0 aliphatic heterocycles. The van der Waals surface area contributed by atoms with Crippen molar-refractivity contribution >= 4 is 28.8 Å². The average Bonchev–Trinajstić information content (AvgIpc) is 2.53. The third-order valence-corrected chi connectivity index (χ3v) is 3.08. The van der Waals surface area contributed by atoms with Crippen LogP contribution >= 0.6 is 11.8 Å². The topological polar surface area (TPSA) is 112 Å². The maximum Gasteiger partial charge on any atom is 0.315 e. The Morgan fingerprint density at radius 1 is 1.43 bits per heavy atom. The largest absolute Gasteiger partial charge is 0.490 e. The fourth-order valence-electron chi connectivity index (χ4n) is 1.62. The summed E-state index contributed by atoms with van der Waals surface area (Å²) in [6, 6.07) is 2.98. The van der Waals surface area contributed by atoms with Gasteiger partial charge < -0.3 is 15.2 Å². The van der Waals surface area contributed by atoms with Gasteiger partial charge in [0.25, 0.3) is 0 Å². The normalized spacial score (nSPS) is 11.7. The number of hydrogen-bond acceptors (Lipinski definition) is 7. The third kappa shape index (κ3) is 5.78. The first kappa shape index (κ1) is 18.8. The van der Waals surface area contributed by atoms with Crippen molar-refractivity contribution in [1.29, 1.82) is 0 Å². The van der Waals surface area contributed by atoms with Gasteiger partial charge in [-0.1, -0.05) is 18.7 Å². The minimum atomic E-state index is -0.510. The Kier molecular flexibility index (Phi) is 7.89. The molecule has 8 nitrogen and oxygen atoms in total. The van der Waals surface area contributed by atoms with Crippen molar-refractivity contribution < 1.29 is 14.4 Å². The lowest BCUT2D eigenvalue weighted by molar-refractivity contribution is -0.386. The highest BCUT2D eigenvalue weighted by Gasteiger charge is 2.22. The van der Waals surface area contributed by atoms with Gasteiger partial charge in [-0.3, -0.25) is 10.1 Å². The van der Waals surface area contributed by atoms with Crippen molar-refractivity contribution in [3.8, 4) is 11.5 Å². The molecule has 9 heteroatoms. The monoisotopic (exact) mass is 340 g/mol. The number of nitro groups is 1. The van der Waals surface area contributed by atoms with E-state index < -0.39 is 4.92 Å². The number of benzene rings is 1. The van der Waals surface area contributed by atoms with E-state index in [9.17, 15) is 10.1 Å². The van der Waals surface area contributed by atoms with Crippen LogP contribution in [0.3, 0.4) is 0 Å². The van der Waals surface area contributed by atoms with Crippen molar-refractivity contribution in [3.05, 3.63) is 27.8 Å². The van der Waals surface area contributed by atoms with Crippen LogP contribution in [-0.2, 0) is 0 Å². The van der Waals surface area contributed by atoms with Gasteiger partial charge >= 0.3 is 5.69 Å². The molecule has 0 fully saturated rings. The molecule has 23 heavy (non-hydrogen) atoms. The summed E-state index contributed by atoms with van der Waals surface area (Å²) in [5.74, 6) is 0.432. The molecule has 0 spiro atoms. The number of ether oxygens (including phenoxy) is 2. The SMILES string of the molecule is CCCOc1c(OCC)cc(/C=N\N=C(/N)SC)cc1[N+](=O)[O-]. The number of amidine groups is 1. The lowest BCUT2D eigenvalue weighted by atomic mass is 10.2. The van der Waals surface area contributed by atoms with E-state index in [4.69, 9.17) is 15.2 Å². The third-order valence-electron chi connectivity index (χ3n) is 2.58. The fourth-order valence-corrected chi connectivity index (χ4v) is 1.75. The molecule has 0 amide bonds. The average molecular weight is 340 g/mol. The van der Waals surface area contributed by atoms with Gasteiger partial charge in [0.05, 0.1) is 24.4 Å². The van der Waals surface area contributed by atoms with Crippen LogP contribution < -0.4 is 15.2 Å². The Hall–Kier alpha value is -2.29. The van der Waals surface area contributed by atoms with E-state index in [0.29, 0.717) is 29.7 Å². The Bertz CT molecular complexity index is 605. The van der Waals surface area contributed by atoms with E-state index in [0.717, 1.165) is 6.42 Å². The van der Waals surface area contributed by atoms with E-state index in [1.807, 2.05) is 6.92 Å². The predicted octanol–water partition coefficient (Wildman–Crippen LogP) is 2.79. The second kappa shape index (κ2) is 9.67. The quantitative estimate of drug-likeness (QED) is 0.337. The molecule has 0 saturated carbocycles. The highest BCUT2D eigenvalue weighted by molar-refractivity contribution is 8.13. The molecule has 2 N–H and O–H groups in total. The molecule has 1 aromatic rings. The highest BCUT2D eigenvalue weighted by atomic mass is 32.2. The summed E-state index contributed by atoms with van der Waals surface area (Å²) in [4.78, 5) is 10.8. The molecule has 0 radical (unpaired) electrons. The zero-order chi connectivity index (χ0) is 17.2. The maximum atomic E-state index is 11.3. The Balaban J connectivity index is 3.26. The summed E-state index contributed by atoms with van der Waals surface area (Å²) in [5.41, 5.74) is 5.82. The summed E-state index contributed by atoms with van der Waals surface area (Å²) in [7, 11) is 0. The Labute approximate surface area is 138 Å². The van der Waals surface area contributed by atoms with Crippen molar-refractivity contribution in [2.24, 2.45) is 15.9 Å². The maximum absolute atomic E-state index is 11.3. The van der Waals surface area contributed by atoms with Gasteiger partial charge in [-0.15, -0.1) is 5.10 Å². The number of thioether (sulfide) groups is 1. The van der Waals surface area contributed by atoms with Crippen LogP contribution in [0.25, 0.3) is 0 Å². The molecule has 0 aliphatic carbocycles. The summed E-state index contributed by atoms with van der Waals surface area (Å²) in [6.45, 7) is 4.43. The second-order valence-electron chi connectivity index (χ2n) is 4.29. The Morgan fingerprint density at radius 2 is 2.17 bits per heavy atom. The molecule has 0 unspecified atom stereocenters. The number of nitrogens with zero attached hydrogens (tertiary/aromatic N) is 3. The van der Waals surface area contributed by atoms with Gasteiger partial charge in [0, 0.05) is 11.6 Å². The molecule has 1 rings (SSSR count). The molecule has 1 aromatic carbocycles. The van der Waals surface area contributed by atoms with Crippen LogP contribution in [0.4, 0.5) is 5.69 Å². The minimum absolute atomic E-state index is 0.128. The number of nitro benzene ring substituents is 1. The summed E-state index contributed by atoms with van der Waals surface area (Å²) >= 11 is 1.25. The lowest BCUT2D eigenvalue weighted by Gasteiger charge is -2.12. The smallest absolute Gasteiger partial charge is 0.315 e. The van der Waals surface area contributed by atoms with Gasteiger partial charge in [0.2, 0.25) is 5.75 Å². The molecule has 0 heterocycles. The van der Waals surface area contributed by atoms with E-state index >= 15 is 0 Å². The second-order valence-corrected chi connectivity index (χ2v) is 5.12. The van der Waals surface area contributed by atoms with E-state index in [1.165, 1.54) is 24.0 Å². The molecular weight excluding hydrogens is 320 g/mol. The number of hydrogen-bond donors (Lipinski definition) is 1. The molecular formula is C14H20N4O4S. The van der Waals surface area contributed by atoms with Crippen LogP contribution in [0.15, 0.2) is 22.3 Å². The molecule has 0 bridgehead atoms. The van der Waals surface area contributed by atoms with Crippen molar-refractivity contribution in [2.45, 2.75) is 20.3 Å². The first-order valence-corrected chi connectivity index (χ1v) is 8.24. The minimum Gasteiger partial charge on any atom is -0.490 e. The standard InChI is InChI=1S/C14H20N4O4S/c1-4-6-22-13-11(18(19)20)7-10(8-12(13)21-5-2)9-16-17-14(15)23-3/h7-9H,4-6H2,1-3H3,(H2,15,17)/b16-9-. The van der Waals surface area contributed by atoms with Crippen LogP contribution in [0.2, 0.25) is 0 Å². The molecule has 0 aromatic heterocycles. The highest BCUT2D eigenvalue weighted by Crippen LogP contribution is 2.38. The van der Waals surface area contributed by atoms with Gasteiger partial charge in [-0.05, 0) is 25.7 Å². The van der Waals surface area contributed by atoms with Crippen molar-refractivity contribution in [2.75, 3.05) is 19.5 Å². The zero-order valence-electron chi connectivity index (χ0n) is 13.3. The first-order chi connectivity index (χ1) is 11.0. The van der Waals surface area contributed by atoms with E-state index in [2.05, 4.69) is 10.2 Å². The van der Waals surface area contributed by atoms with Gasteiger partial charge in [-0.2, -0.15) is 5.10 Å². The van der Waals surface area contributed by atoms with Crippen LogP contribution in [0, 0.1) is 10.1 Å². The van der Waals surface area contributed by atoms with Crippen molar-refractivity contribution in [3.63, 3.8) is 0 Å². The fraction of sp³-hybridized carbons (Fsp3) is 0.429. The van der Waals surface area contributed by atoms with E-state index in [1.54, 1.807) is 19.2 Å². The molecule has 0 atom stereocenters. The van der Waals surface area contributed by atoms with Crippen LogP contribution in [0.5, 0.6) is 11.5 Å². The molecule has 0 saturated heterocycles. The number of rotatable bonds is 8. The molecule has 126 valence electrons. The number of nitrogens with two attached hydrogens (primary N) is 1. The van der Waals surface area contributed by atoms with Crippen LogP contribution in [0.1, 0.15) is 25.8 Å². The van der Waals surface area contributed by atoms with Gasteiger partial charge in [0.1, 0.15) is 0 Å².